The average molecular weight is 287 g/mol. The molecule has 0 saturated heterocycles. The van der Waals surface area contributed by atoms with Crippen molar-refractivity contribution in [3.63, 3.8) is 0 Å². The summed E-state index contributed by atoms with van der Waals surface area (Å²) in [4.78, 5) is 11.1. The van der Waals surface area contributed by atoms with Crippen molar-refractivity contribution in [2.75, 3.05) is 13.2 Å². The highest BCUT2D eigenvalue weighted by Crippen LogP contribution is 2.23. The van der Waals surface area contributed by atoms with Crippen LogP contribution in [0.5, 0.6) is 5.75 Å². The van der Waals surface area contributed by atoms with Crippen LogP contribution in [-0.4, -0.2) is 25.2 Å². The largest absolute Gasteiger partial charge is 0.476 e. The lowest BCUT2D eigenvalue weighted by molar-refractivity contribution is -0.145. The Labute approximate surface area is 117 Å². The molecule has 6 heteroatoms. The predicted molar refractivity (Wildman–Crippen MR) is 70.5 cm³/mol. The van der Waals surface area contributed by atoms with Gasteiger partial charge in [-0.2, -0.15) is 0 Å². The van der Waals surface area contributed by atoms with Gasteiger partial charge in [0.25, 0.3) is 0 Å². The van der Waals surface area contributed by atoms with Crippen molar-refractivity contribution in [3.8, 4) is 5.75 Å². The molecule has 4 nitrogen and oxygen atoms in total. The minimum Gasteiger partial charge on any atom is -0.476 e. The van der Waals surface area contributed by atoms with Crippen molar-refractivity contribution in [1.29, 1.82) is 0 Å². The molecule has 0 aliphatic rings. The highest BCUT2D eigenvalue weighted by atomic mass is 19.1. The monoisotopic (exact) mass is 287 g/mol. The van der Waals surface area contributed by atoms with E-state index in [0.29, 0.717) is 12.1 Å². The molecule has 1 aromatic carbocycles. The van der Waals surface area contributed by atoms with Gasteiger partial charge < -0.3 is 14.8 Å². The fourth-order valence-electron chi connectivity index (χ4n) is 1.51. The summed E-state index contributed by atoms with van der Waals surface area (Å²) in [6.07, 6.45) is 0. The summed E-state index contributed by atoms with van der Waals surface area (Å²) in [5, 5.41) is 3.05. The van der Waals surface area contributed by atoms with E-state index in [-0.39, 0.29) is 12.6 Å². The SMILES string of the molecule is CCOC(=O)COc1c(F)cc(CNC(C)C)cc1F. The van der Waals surface area contributed by atoms with Gasteiger partial charge in [0.2, 0.25) is 0 Å². The quantitative estimate of drug-likeness (QED) is 0.782. The average Bonchev–Trinajstić information content (AvgIpc) is 2.35. The maximum Gasteiger partial charge on any atom is 0.344 e. The van der Waals surface area contributed by atoms with Crippen LogP contribution in [0.25, 0.3) is 0 Å². The van der Waals surface area contributed by atoms with Gasteiger partial charge in [0.05, 0.1) is 6.61 Å². The van der Waals surface area contributed by atoms with Gasteiger partial charge in [-0.25, -0.2) is 13.6 Å². The Hall–Kier alpha value is -1.69. The molecule has 0 fully saturated rings. The fourth-order valence-corrected chi connectivity index (χ4v) is 1.51. The molecule has 0 amide bonds. The van der Waals surface area contributed by atoms with Crippen LogP contribution >= 0.6 is 0 Å². The second kappa shape index (κ2) is 7.79. The van der Waals surface area contributed by atoms with E-state index in [4.69, 9.17) is 4.74 Å². The zero-order valence-corrected chi connectivity index (χ0v) is 11.8. The zero-order valence-electron chi connectivity index (χ0n) is 11.8. The van der Waals surface area contributed by atoms with Crippen molar-refractivity contribution >= 4 is 5.97 Å². The summed E-state index contributed by atoms with van der Waals surface area (Å²) in [6.45, 7) is 5.52. The Morgan fingerprint density at radius 2 is 1.90 bits per heavy atom. The molecular formula is C14H19F2NO3. The number of esters is 1. The molecule has 0 radical (unpaired) electrons. The van der Waals surface area contributed by atoms with E-state index in [2.05, 4.69) is 10.1 Å². The maximum absolute atomic E-state index is 13.7. The molecule has 0 unspecified atom stereocenters. The molecule has 0 atom stereocenters. The first-order chi connectivity index (χ1) is 9.43. The van der Waals surface area contributed by atoms with E-state index in [0.717, 1.165) is 0 Å². The number of benzene rings is 1. The van der Waals surface area contributed by atoms with Gasteiger partial charge in [-0.05, 0) is 24.6 Å². The molecule has 0 spiro atoms. The Balaban J connectivity index is 2.71. The van der Waals surface area contributed by atoms with Crippen LogP contribution in [-0.2, 0) is 16.1 Å². The third-order valence-corrected chi connectivity index (χ3v) is 2.41. The third-order valence-electron chi connectivity index (χ3n) is 2.41. The molecule has 0 aliphatic carbocycles. The van der Waals surface area contributed by atoms with Crippen LogP contribution in [0.2, 0.25) is 0 Å². The number of carbonyl (C=O) groups excluding carboxylic acids is 1. The molecular weight excluding hydrogens is 268 g/mol. The number of rotatable bonds is 7. The van der Waals surface area contributed by atoms with Gasteiger partial charge in [-0.1, -0.05) is 13.8 Å². The van der Waals surface area contributed by atoms with Crippen LogP contribution in [0.3, 0.4) is 0 Å². The van der Waals surface area contributed by atoms with E-state index < -0.39 is 30.0 Å². The number of ether oxygens (including phenoxy) is 2. The fraction of sp³-hybridized carbons (Fsp3) is 0.500. The Morgan fingerprint density at radius 1 is 1.30 bits per heavy atom. The first-order valence-corrected chi connectivity index (χ1v) is 6.43. The summed E-state index contributed by atoms with van der Waals surface area (Å²) in [6, 6.07) is 2.57. The van der Waals surface area contributed by atoms with Crippen LogP contribution in [0.1, 0.15) is 26.3 Å². The van der Waals surface area contributed by atoms with Gasteiger partial charge in [0.15, 0.2) is 24.0 Å². The molecule has 0 saturated carbocycles. The van der Waals surface area contributed by atoms with Crippen molar-refractivity contribution in [1.82, 2.24) is 5.32 Å². The van der Waals surface area contributed by atoms with E-state index in [1.54, 1.807) is 6.92 Å². The first kappa shape index (κ1) is 16.4. The summed E-state index contributed by atoms with van der Waals surface area (Å²) in [7, 11) is 0. The number of nitrogens with one attached hydrogen (secondary N) is 1. The van der Waals surface area contributed by atoms with Crippen LogP contribution in [0.15, 0.2) is 12.1 Å². The minimum absolute atomic E-state index is 0.187. The van der Waals surface area contributed by atoms with Crippen molar-refractivity contribution in [2.45, 2.75) is 33.4 Å². The number of hydrogen-bond donors (Lipinski definition) is 1. The molecule has 112 valence electrons. The predicted octanol–water partition coefficient (Wildman–Crippen LogP) is 2.40. The van der Waals surface area contributed by atoms with Gasteiger partial charge in [0.1, 0.15) is 0 Å². The van der Waals surface area contributed by atoms with E-state index in [1.165, 1.54) is 12.1 Å². The Kier molecular flexibility index (Phi) is 6.38. The van der Waals surface area contributed by atoms with E-state index in [1.807, 2.05) is 13.8 Å². The molecule has 0 aliphatic heterocycles. The standard InChI is InChI=1S/C14H19F2NO3/c1-4-19-13(18)8-20-14-11(15)5-10(6-12(14)16)7-17-9(2)3/h5-6,9,17H,4,7-8H2,1-3H3. The highest BCUT2D eigenvalue weighted by molar-refractivity contribution is 5.71. The van der Waals surface area contributed by atoms with Gasteiger partial charge in [0, 0.05) is 12.6 Å². The molecule has 0 bridgehead atoms. The lowest BCUT2D eigenvalue weighted by Gasteiger charge is -2.11. The van der Waals surface area contributed by atoms with E-state index in [9.17, 15) is 13.6 Å². The Morgan fingerprint density at radius 3 is 2.40 bits per heavy atom. The van der Waals surface area contributed by atoms with Crippen LogP contribution in [0, 0.1) is 11.6 Å². The second-order valence-corrected chi connectivity index (χ2v) is 4.52. The molecule has 0 heterocycles. The minimum atomic E-state index is -0.838. The number of carbonyl (C=O) groups is 1. The molecule has 0 aromatic heterocycles. The summed E-state index contributed by atoms with van der Waals surface area (Å²) in [5.74, 6) is -2.91. The topological polar surface area (TPSA) is 47.6 Å². The zero-order chi connectivity index (χ0) is 15.1. The number of hydrogen-bond acceptors (Lipinski definition) is 4. The maximum atomic E-state index is 13.7. The van der Waals surface area contributed by atoms with Crippen molar-refractivity contribution in [3.05, 3.63) is 29.3 Å². The normalized spacial score (nSPS) is 10.7. The van der Waals surface area contributed by atoms with Gasteiger partial charge in [-0.3, -0.25) is 0 Å². The van der Waals surface area contributed by atoms with E-state index >= 15 is 0 Å². The molecule has 1 rings (SSSR count). The van der Waals surface area contributed by atoms with Crippen molar-refractivity contribution in [2.24, 2.45) is 0 Å². The molecule has 20 heavy (non-hydrogen) atoms. The highest BCUT2D eigenvalue weighted by Gasteiger charge is 2.14. The van der Waals surface area contributed by atoms with Crippen LogP contribution in [0.4, 0.5) is 8.78 Å². The second-order valence-electron chi connectivity index (χ2n) is 4.52. The first-order valence-electron chi connectivity index (χ1n) is 6.43. The van der Waals surface area contributed by atoms with Crippen LogP contribution < -0.4 is 10.1 Å². The summed E-state index contributed by atoms with van der Waals surface area (Å²) >= 11 is 0. The van der Waals surface area contributed by atoms with Gasteiger partial charge in [-0.15, -0.1) is 0 Å². The molecule has 1 aromatic rings. The van der Waals surface area contributed by atoms with Gasteiger partial charge >= 0.3 is 5.97 Å². The lowest BCUT2D eigenvalue weighted by atomic mass is 10.2. The summed E-state index contributed by atoms with van der Waals surface area (Å²) < 4.78 is 36.9. The third kappa shape index (κ3) is 5.13. The molecule has 1 N–H and O–H groups in total. The number of halogens is 2. The Bertz CT molecular complexity index is 441. The summed E-state index contributed by atoms with van der Waals surface area (Å²) in [5.41, 5.74) is 0.470. The lowest BCUT2D eigenvalue weighted by Crippen LogP contribution is -2.22. The smallest absolute Gasteiger partial charge is 0.344 e. The van der Waals surface area contributed by atoms with Crippen molar-refractivity contribution < 1.29 is 23.0 Å².